The van der Waals surface area contributed by atoms with Crippen LogP contribution in [-0.4, -0.2) is 47.7 Å². The normalized spacial score (nSPS) is 17.8. The summed E-state index contributed by atoms with van der Waals surface area (Å²) in [4.78, 5) is 9.38. The fourth-order valence-corrected chi connectivity index (χ4v) is 4.42. The number of nitrogens with zero attached hydrogens (tertiary/aromatic N) is 4. The molecule has 4 N–H and O–H groups in total. The van der Waals surface area contributed by atoms with Crippen LogP contribution >= 0.6 is 0 Å². The first kappa shape index (κ1) is 24.6. The van der Waals surface area contributed by atoms with Gasteiger partial charge in [-0.05, 0) is 56.7 Å². The summed E-state index contributed by atoms with van der Waals surface area (Å²) in [6.45, 7) is 10.4. The van der Waals surface area contributed by atoms with Crippen molar-refractivity contribution in [1.29, 1.82) is 0 Å². The van der Waals surface area contributed by atoms with E-state index in [1.807, 2.05) is 32.2 Å². The summed E-state index contributed by atoms with van der Waals surface area (Å²) >= 11 is 0. The predicted octanol–water partition coefficient (Wildman–Crippen LogP) is 2.93. The lowest BCUT2D eigenvalue weighted by Gasteiger charge is -2.23. The highest BCUT2D eigenvalue weighted by Gasteiger charge is 2.25. The number of fused-ring (bicyclic) bond motifs is 1. The Bertz CT molecular complexity index is 1160. The maximum Gasteiger partial charge on any atom is 0.322 e. The van der Waals surface area contributed by atoms with Crippen molar-refractivity contribution in [3.05, 3.63) is 47.2 Å². The summed E-state index contributed by atoms with van der Waals surface area (Å²) < 4.78 is 19.4. The fraction of sp³-hybridized carbons (Fsp3) is 0.542. The molecule has 0 saturated carbocycles. The summed E-state index contributed by atoms with van der Waals surface area (Å²) in [5.74, 6) is 0.844. The van der Waals surface area contributed by atoms with E-state index in [0.717, 1.165) is 48.3 Å². The molecule has 2 atom stereocenters. The van der Waals surface area contributed by atoms with Crippen molar-refractivity contribution >= 4 is 22.6 Å². The van der Waals surface area contributed by atoms with Crippen molar-refractivity contribution in [3.63, 3.8) is 0 Å². The molecule has 0 amide bonds. The van der Waals surface area contributed by atoms with Gasteiger partial charge in [0.2, 0.25) is 5.95 Å². The van der Waals surface area contributed by atoms with Crippen LogP contribution in [0.5, 0.6) is 6.01 Å². The van der Waals surface area contributed by atoms with Gasteiger partial charge in [0, 0.05) is 18.7 Å². The lowest BCUT2D eigenvalue weighted by molar-refractivity contribution is 0.153. The van der Waals surface area contributed by atoms with E-state index >= 15 is 0 Å². The molecule has 1 saturated heterocycles. The molecule has 1 aliphatic rings. The summed E-state index contributed by atoms with van der Waals surface area (Å²) in [6.07, 6.45) is 4.55. The minimum atomic E-state index is -1.43. The number of nitrogens with two attached hydrogens (primary N) is 1. The lowest BCUT2D eigenvalue weighted by Crippen LogP contribution is -2.37. The zero-order valence-electron chi connectivity index (χ0n) is 20.4. The Morgan fingerprint density at radius 3 is 2.74 bits per heavy atom. The number of ether oxygens (including phenoxy) is 1. The molecule has 1 unspecified atom stereocenters. The number of rotatable bonds is 9. The van der Waals surface area contributed by atoms with Crippen molar-refractivity contribution in [3.8, 4) is 6.01 Å². The van der Waals surface area contributed by atoms with E-state index in [2.05, 4.69) is 46.7 Å². The Morgan fingerprint density at radius 2 is 2.06 bits per heavy atom. The molecule has 0 spiro atoms. The van der Waals surface area contributed by atoms with Gasteiger partial charge in [0.1, 0.15) is 6.10 Å². The van der Waals surface area contributed by atoms with Gasteiger partial charge in [0.05, 0.1) is 21.9 Å². The second-order valence-electron chi connectivity index (χ2n) is 9.76. The highest BCUT2D eigenvalue weighted by Crippen LogP contribution is 2.25. The molecular weight excluding hydrogens is 450 g/mol. The van der Waals surface area contributed by atoms with Crippen LogP contribution in [0.4, 0.5) is 5.95 Å². The molecule has 0 aliphatic carbocycles. The minimum Gasteiger partial charge on any atom is -0.459 e. The summed E-state index contributed by atoms with van der Waals surface area (Å²) in [7, 11) is -1.43. The first-order valence-electron chi connectivity index (χ1n) is 11.8. The number of hydrogen-bond donors (Lipinski definition) is 3. The largest absolute Gasteiger partial charge is 0.459 e. The van der Waals surface area contributed by atoms with Crippen LogP contribution in [-0.2, 0) is 24.0 Å². The zero-order valence-corrected chi connectivity index (χ0v) is 21.2. The molecule has 34 heavy (non-hydrogen) atoms. The van der Waals surface area contributed by atoms with Crippen molar-refractivity contribution in [2.24, 2.45) is 5.14 Å². The Kier molecular flexibility index (Phi) is 7.49. The zero-order chi connectivity index (χ0) is 24.3. The van der Waals surface area contributed by atoms with Crippen LogP contribution in [0.2, 0.25) is 0 Å². The number of nitrogens with one attached hydrogen (secondary N) is 2. The molecule has 9 nitrogen and oxygen atoms in total. The molecule has 10 heteroatoms. The molecule has 184 valence electrons. The van der Waals surface area contributed by atoms with Crippen molar-refractivity contribution in [2.75, 3.05) is 18.4 Å². The van der Waals surface area contributed by atoms with E-state index in [4.69, 9.17) is 14.9 Å². The van der Waals surface area contributed by atoms with Crippen LogP contribution < -0.4 is 20.5 Å². The average Bonchev–Trinajstić information content (AvgIpc) is 3.23. The average molecular weight is 486 g/mol. The number of piperidine rings is 1. The van der Waals surface area contributed by atoms with Gasteiger partial charge in [0.25, 0.3) is 0 Å². The highest BCUT2D eigenvalue weighted by molar-refractivity contribution is 7.84. The Balaban J connectivity index is 1.62. The Hall–Kier alpha value is -2.56. The van der Waals surface area contributed by atoms with Crippen LogP contribution in [0.3, 0.4) is 0 Å². The van der Waals surface area contributed by atoms with Crippen molar-refractivity contribution < 1.29 is 8.95 Å². The molecule has 0 radical (unpaired) electrons. The van der Waals surface area contributed by atoms with Gasteiger partial charge in [0.15, 0.2) is 5.65 Å². The van der Waals surface area contributed by atoms with Crippen LogP contribution in [0.1, 0.15) is 63.1 Å². The second-order valence-corrected chi connectivity index (χ2v) is 11.5. The highest BCUT2D eigenvalue weighted by atomic mass is 32.2. The van der Waals surface area contributed by atoms with Crippen LogP contribution in [0.25, 0.3) is 5.65 Å². The SMILES string of the molecule is CC(C)c1cnn2c(NCc3ccccc3CC(C)(C)S(N)=O)nc(O[C@@H]3CCCNC3)nc12. The fourth-order valence-electron chi connectivity index (χ4n) is 4.13. The quantitative estimate of drug-likeness (QED) is 0.426. The van der Waals surface area contributed by atoms with Crippen LogP contribution in [0.15, 0.2) is 30.5 Å². The van der Waals surface area contributed by atoms with E-state index in [1.54, 1.807) is 4.52 Å². The third-order valence-electron chi connectivity index (χ3n) is 6.24. The van der Waals surface area contributed by atoms with Gasteiger partial charge in [-0.1, -0.05) is 38.1 Å². The number of benzene rings is 1. The molecule has 1 aliphatic heterocycles. The monoisotopic (exact) mass is 485 g/mol. The van der Waals surface area contributed by atoms with E-state index < -0.39 is 15.7 Å². The first-order valence-corrected chi connectivity index (χ1v) is 13.1. The topological polar surface area (TPSA) is 119 Å². The van der Waals surface area contributed by atoms with Gasteiger partial charge in [-0.2, -0.15) is 19.6 Å². The maximum absolute atomic E-state index is 12.0. The maximum atomic E-state index is 12.0. The standard InChI is InChI=1S/C24H35N7O2S/c1-16(2)20-15-28-31-21(20)29-23(33-19-10-7-11-26-14-19)30-22(31)27-13-18-9-6-5-8-17(18)12-24(3,4)34(25)32/h5-6,8-9,15-16,19,26H,7,10-14,25H2,1-4H3,(H,27,29,30)/t19-,34?/m1/s1. The number of aromatic nitrogens is 4. The lowest BCUT2D eigenvalue weighted by atomic mass is 9.97. The van der Waals surface area contributed by atoms with Gasteiger partial charge in [-0.3, -0.25) is 5.14 Å². The van der Waals surface area contributed by atoms with E-state index in [1.165, 1.54) is 0 Å². The van der Waals surface area contributed by atoms with E-state index in [0.29, 0.717) is 24.9 Å². The summed E-state index contributed by atoms with van der Waals surface area (Å²) in [5.41, 5.74) is 3.98. The number of anilines is 1. The smallest absolute Gasteiger partial charge is 0.322 e. The third kappa shape index (κ3) is 5.56. The van der Waals surface area contributed by atoms with Gasteiger partial charge in [-0.25, -0.2) is 4.21 Å². The first-order chi connectivity index (χ1) is 16.2. The second kappa shape index (κ2) is 10.4. The third-order valence-corrected chi connectivity index (χ3v) is 7.47. The van der Waals surface area contributed by atoms with Crippen LogP contribution in [0, 0.1) is 0 Å². The molecule has 2 aromatic heterocycles. The molecule has 3 heterocycles. The van der Waals surface area contributed by atoms with E-state index in [9.17, 15) is 4.21 Å². The van der Waals surface area contributed by atoms with E-state index in [-0.39, 0.29) is 12.0 Å². The molecule has 1 aromatic carbocycles. The van der Waals surface area contributed by atoms with Gasteiger partial charge < -0.3 is 15.4 Å². The molecule has 4 rings (SSSR count). The molecule has 3 aromatic rings. The number of hydrogen-bond acceptors (Lipinski definition) is 7. The van der Waals surface area contributed by atoms with Gasteiger partial charge in [-0.15, -0.1) is 0 Å². The van der Waals surface area contributed by atoms with Crippen molar-refractivity contribution in [2.45, 2.75) is 70.3 Å². The molecule has 0 bridgehead atoms. The minimum absolute atomic E-state index is 0.0505. The van der Waals surface area contributed by atoms with Gasteiger partial charge >= 0.3 is 6.01 Å². The van der Waals surface area contributed by atoms with Crippen molar-refractivity contribution in [1.82, 2.24) is 24.9 Å². The molecular formula is C24H35N7O2S. The Labute approximate surface area is 203 Å². The Morgan fingerprint density at radius 1 is 1.29 bits per heavy atom. The predicted molar refractivity (Wildman–Crippen MR) is 135 cm³/mol. The molecule has 1 fully saturated rings. The summed E-state index contributed by atoms with van der Waals surface area (Å²) in [5, 5.41) is 17.1. The summed E-state index contributed by atoms with van der Waals surface area (Å²) in [6, 6.07) is 8.46.